The Hall–Kier alpha value is -0.830. The lowest BCUT2D eigenvalue weighted by Crippen LogP contribution is -2.29. The Kier molecular flexibility index (Phi) is 3.99. The fraction of sp³-hybridized carbons (Fsp3) is 0.769. The van der Waals surface area contributed by atoms with Crippen molar-refractivity contribution in [1.29, 1.82) is 0 Å². The highest BCUT2D eigenvalue weighted by Crippen LogP contribution is 2.23. The maximum Gasteiger partial charge on any atom is 0.0948 e. The summed E-state index contributed by atoms with van der Waals surface area (Å²) in [5.74, 6) is 1.43. The van der Waals surface area contributed by atoms with Gasteiger partial charge < -0.3 is 9.88 Å². The van der Waals surface area contributed by atoms with Crippen LogP contribution in [0.5, 0.6) is 0 Å². The minimum atomic E-state index is 0.670. The minimum absolute atomic E-state index is 0.670. The van der Waals surface area contributed by atoms with Gasteiger partial charge in [-0.15, -0.1) is 0 Å². The molecule has 1 saturated heterocycles. The van der Waals surface area contributed by atoms with E-state index in [0.717, 1.165) is 19.0 Å². The molecule has 90 valence electrons. The van der Waals surface area contributed by atoms with Crippen molar-refractivity contribution in [3.8, 4) is 0 Å². The SMILES string of the molecule is CC(C)CCn1cncc1C1CCCNC1. The van der Waals surface area contributed by atoms with Crippen molar-refractivity contribution in [2.75, 3.05) is 13.1 Å². The number of hydrogen-bond donors (Lipinski definition) is 1. The van der Waals surface area contributed by atoms with Gasteiger partial charge in [0.25, 0.3) is 0 Å². The molecule has 1 atom stereocenters. The second-order valence-electron chi connectivity index (χ2n) is 5.24. The molecule has 0 spiro atoms. The number of rotatable bonds is 4. The Morgan fingerprint density at radius 3 is 3.12 bits per heavy atom. The fourth-order valence-electron chi connectivity index (χ4n) is 2.36. The largest absolute Gasteiger partial charge is 0.334 e. The third kappa shape index (κ3) is 2.85. The lowest BCUT2D eigenvalue weighted by atomic mass is 9.96. The smallest absolute Gasteiger partial charge is 0.0948 e. The van der Waals surface area contributed by atoms with Crippen LogP contribution in [0.3, 0.4) is 0 Å². The van der Waals surface area contributed by atoms with Crippen LogP contribution in [-0.2, 0) is 6.54 Å². The van der Waals surface area contributed by atoms with Crippen LogP contribution in [0.25, 0.3) is 0 Å². The molecule has 1 unspecified atom stereocenters. The summed E-state index contributed by atoms with van der Waals surface area (Å²) >= 11 is 0. The number of piperidine rings is 1. The van der Waals surface area contributed by atoms with Gasteiger partial charge in [0, 0.05) is 30.9 Å². The van der Waals surface area contributed by atoms with Crippen molar-refractivity contribution < 1.29 is 0 Å². The van der Waals surface area contributed by atoms with Gasteiger partial charge in [-0.1, -0.05) is 13.8 Å². The van der Waals surface area contributed by atoms with E-state index in [1.165, 1.54) is 31.5 Å². The molecule has 2 heterocycles. The van der Waals surface area contributed by atoms with E-state index in [0.29, 0.717) is 5.92 Å². The first-order valence-electron chi connectivity index (χ1n) is 6.48. The fourth-order valence-corrected chi connectivity index (χ4v) is 2.36. The summed E-state index contributed by atoms with van der Waals surface area (Å²) in [6.45, 7) is 7.96. The molecule has 2 rings (SSSR count). The van der Waals surface area contributed by atoms with Crippen LogP contribution in [0.1, 0.15) is 44.7 Å². The zero-order valence-corrected chi connectivity index (χ0v) is 10.4. The number of aromatic nitrogens is 2. The Bertz CT molecular complexity index is 311. The highest BCUT2D eigenvalue weighted by Gasteiger charge is 2.18. The highest BCUT2D eigenvalue weighted by atomic mass is 15.1. The van der Waals surface area contributed by atoms with Gasteiger partial charge in [0.05, 0.1) is 6.33 Å². The van der Waals surface area contributed by atoms with Gasteiger partial charge in [-0.3, -0.25) is 0 Å². The molecular weight excluding hydrogens is 198 g/mol. The van der Waals surface area contributed by atoms with Crippen LogP contribution in [0, 0.1) is 5.92 Å². The van der Waals surface area contributed by atoms with E-state index >= 15 is 0 Å². The predicted octanol–water partition coefficient (Wildman–Crippen LogP) is 2.40. The molecule has 16 heavy (non-hydrogen) atoms. The molecule has 0 aromatic carbocycles. The van der Waals surface area contributed by atoms with Crippen molar-refractivity contribution in [1.82, 2.24) is 14.9 Å². The summed E-state index contributed by atoms with van der Waals surface area (Å²) in [4.78, 5) is 4.31. The van der Waals surface area contributed by atoms with Crippen LogP contribution < -0.4 is 5.32 Å². The molecule has 3 heteroatoms. The summed E-state index contributed by atoms with van der Waals surface area (Å²) < 4.78 is 2.34. The molecule has 0 amide bonds. The summed E-state index contributed by atoms with van der Waals surface area (Å²) in [5, 5.41) is 3.47. The van der Waals surface area contributed by atoms with Crippen molar-refractivity contribution in [2.24, 2.45) is 5.92 Å². The first-order chi connectivity index (χ1) is 7.77. The molecule has 0 aliphatic carbocycles. The third-order valence-corrected chi connectivity index (χ3v) is 3.41. The van der Waals surface area contributed by atoms with E-state index in [1.807, 2.05) is 6.33 Å². The predicted molar refractivity (Wildman–Crippen MR) is 66.5 cm³/mol. The monoisotopic (exact) mass is 221 g/mol. The molecule has 3 nitrogen and oxygen atoms in total. The zero-order valence-electron chi connectivity index (χ0n) is 10.4. The first kappa shape index (κ1) is 11.6. The van der Waals surface area contributed by atoms with Gasteiger partial charge in [0.15, 0.2) is 0 Å². The lowest BCUT2D eigenvalue weighted by Gasteiger charge is -2.24. The van der Waals surface area contributed by atoms with Crippen molar-refractivity contribution in [3.63, 3.8) is 0 Å². The van der Waals surface area contributed by atoms with Crippen LogP contribution in [0.15, 0.2) is 12.5 Å². The van der Waals surface area contributed by atoms with E-state index in [4.69, 9.17) is 0 Å². The summed E-state index contributed by atoms with van der Waals surface area (Å²) in [7, 11) is 0. The quantitative estimate of drug-likeness (QED) is 0.846. The van der Waals surface area contributed by atoms with Gasteiger partial charge in [0.2, 0.25) is 0 Å². The Balaban J connectivity index is 2.00. The second-order valence-corrected chi connectivity index (χ2v) is 5.24. The maximum absolute atomic E-state index is 4.31. The lowest BCUT2D eigenvalue weighted by molar-refractivity contribution is 0.429. The van der Waals surface area contributed by atoms with E-state index in [1.54, 1.807) is 0 Å². The molecule has 1 fully saturated rings. The molecule has 0 saturated carbocycles. The normalized spacial score (nSPS) is 21.6. The van der Waals surface area contributed by atoms with E-state index < -0.39 is 0 Å². The number of nitrogens with one attached hydrogen (secondary N) is 1. The van der Waals surface area contributed by atoms with Gasteiger partial charge in [-0.2, -0.15) is 0 Å². The average molecular weight is 221 g/mol. The van der Waals surface area contributed by atoms with E-state index in [-0.39, 0.29) is 0 Å². The molecule has 1 aliphatic rings. The van der Waals surface area contributed by atoms with Crippen molar-refractivity contribution in [3.05, 3.63) is 18.2 Å². The Labute approximate surface area is 98.3 Å². The average Bonchev–Trinajstić information content (AvgIpc) is 2.75. The molecule has 1 aromatic heterocycles. The molecular formula is C13H23N3. The van der Waals surface area contributed by atoms with Gasteiger partial charge in [-0.25, -0.2) is 4.98 Å². The van der Waals surface area contributed by atoms with Crippen LogP contribution >= 0.6 is 0 Å². The zero-order chi connectivity index (χ0) is 11.4. The number of aryl methyl sites for hydroxylation is 1. The van der Waals surface area contributed by atoms with Gasteiger partial charge >= 0.3 is 0 Å². The molecule has 1 aliphatic heterocycles. The number of hydrogen-bond acceptors (Lipinski definition) is 2. The first-order valence-corrected chi connectivity index (χ1v) is 6.48. The molecule has 0 radical (unpaired) electrons. The topological polar surface area (TPSA) is 29.9 Å². The Morgan fingerprint density at radius 1 is 1.56 bits per heavy atom. The van der Waals surface area contributed by atoms with Crippen LogP contribution in [0.4, 0.5) is 0 Å². The van der Waals surface area contributed by atoms with Gasteiger partial charge in [0.1, 0.15) is 0 Å². The van der Waals surface area contributed by atoms with Crippen LogP contribution in [-0.4, -0.2) is 22.6 Å². The standard InChI is InChI=1S/C13H23N3/c1-11(2)5-7-16-10-15-9-13(16)12-4-3-6-14-8-12/h9-12,14H,3-8H2,1-2H3. The maximum atomic E-state index is 4.31. The number of nitrogens with zero attached hydrogens (tertiary/aromatic N) is 2. The summed E-state index contributed by atoms with van der Waals surface area (Å²) in [6, 6.07) is 0. The second kappa shape index (κ2) is 5.48. The van der Waals surface area contributed by atoms with E-state index in [9.17, 15) is 0 Å². The van der Waals surface area contributed by atoms with Gasteiger partial charge in [-0.05, 0) is 31.7 Å². The molecule has 0 bridgehead atoms. The van der Waals surface area contributed by atoms with Crippen LogP contribution in [0.2, 0.25) is 0 Å². The van der Waals surface area contributed by atoms with Crippen molar-refractivity contribution in [2.45, 2.75) is 45.6 Å². The molecule has 1 aromatic rings. The summed E-state index contributed by atoms with van der Waals surface area (Å²) in [6.07, 6.45) is 7.88. The molecule has 1 N–H and O–H groups in total. The highest BCUT2D eigenvalue weighted by molar-refractivity contribution is 5.08. The summed E-state index contributed by atoms with van der Waals surface area (Å²) in [5.41, 5.74) is 1.42. The minimum Gasteiger partial charge on any atom is -0.334 e. The van der Waals surface area contributed by atoms with Crippen molar-refractivity contribution >= 4 is 0 Å². The third-order valence-electron chi connectivity index (χ3n) is 3.41. The van der Waals surface area contributed by atoms with E-state index in [2.05, 4.69) is 34.9 Å². The number of imidazole rings is 1. The Morgan fingerprint density at radius 2 is 2.44 bits per heavy atom.